The molecule has 0 N–H and O–H groups in total. The minimum absolute atomic E-state index is 0.486. The predicted molar refractivity (Wildman–Crippen MR) is 68.1 cm³/mol. The highest BCUT2D eigenvalue weighted by atomic mass is 16.5. The summed E-state index contributed by atoms with van der Waals surface area (Å²) in [6.07, 6.45) is 3.55. The van der Waals surface area contributed by atoms with E-state index < -0.39 is 0 Å². The molecular weight excluding hydrogens is 212 g/mol. The minimum Gasteiger partial charge on any atom is -0.481 e. The van der Waals surface area contributed by atoms with Crippen molar-refractivity contribution in [3.63, 3.8) is 0 Å². The topological polar surface area (TPSA) is 35.0 Å². The second-order valence-corrected chi connectivity index (χ2v) is 4.19. The second-order valence-electron chi connectivity index (χ2n) is 4.19. The van der Waals surface area contributed by atoms with Crippen molar-refractivity contribution in [2.75, 3.05) is 7.11 Å². The molecule has 2 rings (SSSR count). The van der Waals surface area contributed by atoms with Crippen LogP contribution in [0.3, 0.4) is 0 Å². The van der Waals surface area contributed by atoms with E-state index >= 15 is 0 Å². The number of aromatic nitrogens is 2. The normalized spacial score (nSPS) is 10.6. The Hall–Kier alpha value is -1.90. The molecule has 0 radical (unpaired) electrons. The maximum atomic E-state index is 5.25. The molecule has 0 aromatic carbocycles. The van der Waals surface area contributed by atoms with Gasteiger partial charge in [0.1, 0.15) is 0 Å². The molecule has 2 heterocycles. The van der Waals surface area contributed by atoms with Gasteiger partial charge in [-0.2, -0.15) is 0 Å². The van der Waals surface area contributed by atoms with Crippen LogP contribution in [0.2, 0.25) is 0 Å². The summed E-state index contributed by atoms with van der Waals surface area (Å²) < 4.78 is 5.25. The predicted octanol–water partition coefficient (Wildman–Crippen LogP) is 3.28. The first-order valence-corrected chi connectivity index (χ1v) is 5.67. The van der Waals surface area contributed by atoms with Crippen LogP contribution < -0.4 is 4.74 Å². The molecule has 0 aliphatic carbocycles. The highest BCUT2D eigenvalue weighted by Gasteiger charge is 2.09. The molecule has 3 heteroatoms. The summed E-state index contributed by atoms with van der Waals surface area (Å²) in [7, 11) is 1.62. The van der Waals surface area contributed by atoms with Crippen LogP contribution in [-0.2, 0) is 0 Å². The largest absolute Gasteiger partial charge is 0.481 e. The van der Waals surface area contributed by atoms with Crippen LogP contribution in [0.15, 0.2) is 36.7 Å². The van der Waals surface area contributed by atoms with Crippen molar-refractivity contribution in [1.29, 1.82) is 0 Å². The fraction of sp³-hybridized carbons (Fsp3) is 0.286. The maximum absolute atomic E-state index is 5.25. The standard InChI is InChI=1S/C14H16N2O/c1-10(2)11-6-8-15-13(9-11)12-5-4-7-16-14(12)17-3/h4-10H,1-3H3. The molecule has 0 bridgehead atoms. The van der Waals surface area contributed by atoms with Gasteiger partial charge in [-0.05, 0) is 35.7 Å². The molecule has 0 saturated heterocycles. The van der Waals surface area contributed by atoms with Crippen molar-refractivity contribution in [3.05, 3.63) is 42.2 Å². The number of pyridine rings is 2. The molecule has 0 saturated carbocycles. The fourth-order valence-electron chi connectivity index (χ4n) is 1.70. The van der Waals surface area contributed by atoms with Gasteiger partial charge < -0.3 is 4.74 Å². The molecule has 2 aromatic rings. The van der Waals surface area contributed by atoms with Crippen LogP contribution in [0.1, 0.15) is 25.3 Å². The number of nitrogens with zero attached hydrogens (tertiary/aromatic N) is 2. The Bertz CT molecular complexity index is 509. The number of ether oxygens (including phenoxy) is 1. The highest BCUT2D eigenvalue weighted by Crippen LogP contribution is 2.27. The zero-order valence-electron chi connectivity index (χ0n) is 10.3. The molecule has 17 heavy (non-hydrogen) atoms. The van der Waals surface area contributed by atoms with Crippen LogP contribution in [0, 0.1) is 0 Å². The lowest BCUT2D eigenvalue weighted by Crippen LogP contribution is -1.94. The van der Waals surface area contributed by atoms with E-state index in [-0.39, 0.29) is 0 Å². The third-order valence-corrected chi connectivity index (χ3v) is 2.69. The van der Waals surface area contributed by atoms with Gasteiger partial charge in [0.05, 0.1) is 18.4 Å². The van der Waals surface area contributed by atoms with Gasteiger partial charge in [-0.25, -0.2) is 4.98 Å². The maximum Gasteiger partial charge on any atom is 0.222 e. The van der Waals surface area contributed by atoms with Crippen LogP contribution in [0.5, 0.6) is 5.88 Å². The van der Waals surface area contributed by atoms with Gasteiger partial charge in [0.25, 0.3) is 0 Å². The zero-order valence-corrected chi connectivity index (χ0v) is 10.3. The highest BCUT2D eigenvalue weighted by molar-refractivity contribution is 5.65. The third kappa shape index (κ3) is 2.44. The SMILES string of the molecule is COc1ncccc1-c1cc(C(C)C)ccn1. The lowest BCUT2D eigenvalue weighted by atomic mass is 10.0. The first kappa shape index (κ1) is 11.6. The quantitative estimate of drug-likeness (QED) is 0.808. The lowest BCUT2D eigenvalue weighted by molar-refractivity contribution is 0.399. The molecular formula is C14H16N2O. The van der Waals surface area contributed by atoms with Crippen LogP contribution in [0.25, 0.3) is 11.3 Å². The van der Waals surface area contributed by atoms with Gasteiger partial charge in [-0.15, -0.1) is 0 Å². The summed E-state index contributed by atoms with van der Waals surface area (Å²) in [4.78, 5) is 8.57. The summed E-state index contributed by atoms with van der Waals surface area (Å²) in [5.41, 5.74) is 3.10. The van der Waals surface area contributed by atoms with E-state index in [9.17, 15) is 0 Å². The summed E-state index contributed by atoms with van der Waals surface area (Å²) in [6, 6.07) is 7.99. The Balaban J connectivity index is 2.49. The van der Waals surface area contributed by atoms with Crippen LogP contribution in [-0.4, -0.2) is 17.1 Å². The van der Waals surface area contributed by atoms with Crippen LogP contribution >= 0.6 is 0 Å². The van der Waals surface area contributed by atoms with Crippen molar-refractivity contribution in [3.8, 4) is 17.1 Å². The van der Waals surface area contributed by atoms with E-state index in [1.54, 1.807) is 13.3 Å². The fourth-order valence-corrected chi connectivity index (χ4v) is 1.70. The first-order chi connectivity index (χ1) is 8.22. The Labute approximate surface area is 102 Å². The van der Waals surface area contributed by atoms with Gasteiger partial charge in [0, 0.05) is 12.4 Å². The zero-order chi connectivity index (χ0) is 12.3. The van der Waals surface area contributed by atoms with Gasteiger partial charge in [-0.1, -0.05) is 13.8 Å². The number of hydrogen-bond donors (Lipinski definition) is 0. The lowest BCUT2D eigenvalue weighted by Gasteiger charge is -2.09. The molecule has 0 aliphatic heterocycles. The molecule has 0 fully saturated rings. The summed E-state index contributed by atoms with van der Waals surface area (Å²) in [5.74, 6) is 1.10. The van der Waals surface area contributed by atoms with E-state index in [2.05, 4.69) is 29.9 Å². The molecule has 0 aliphatic rings. The van der Waals surface area contributed by atoms with Gasteiger partial charge in [-0.3, -0.25) is 4.98 Å². The Morgan fingerprint density at radius 3 is 2.65 bits per heavy atom. The molecule has 0 atom stereocenters. The monoisotopic (exact) mass is 228 g/mol. The van der Waals surface area contributed by atoms with Gasteiger partial charge in [0.15, 0.2) is 0 Å². The molecule has 2 aromatic heterocycles. The average Bonchev–Trinajstić information content (AvgIpc) is 2.39. The smallest absolute Gasteiger partial charge is 0.222 e. The van der Waals surface area contributed by atoms with Crippen LogP contribution in [0.4, 0.5) is 0 Å². The number of methoxy groups -OCH3 is 1. The Morgan fingerprint density at radius 2 is 1.94 bits per heavy atom. The van der Waals surface area contributed by atoms with Gasteiger partial charge in [0.2, 0.25) is 5.88 Å². The van der Waals surface area contributed by atoms with Gasteiger partial charge >= 0.3 is 0 Å². The van der Waals surface area contributed by atoms with Crippen molar-refractivity contribution in [2.45, 2.75) is 19.8 Å². The number of rotatable bonds is 3. The Morgan fingerprint density at radius 1 is 1.12 bits per heavy atom. The first-order valence-electron chi connectivity index (χ1n) is 5.67. The van der Waals surface area contributed by atoms with E-state index in [0.29, 0.717) is 11.8 Å². The molecule has 0 amide bonds. The van der Waals surface area contributed by atoms with Crippen molar-refractivity contribution in [2.24, 2.45) is 0 Å². The minimum atomic E-state index is 0.486. The van der Waals surface area contributed by atoms with Crippen molar-refractivity contribution < 1.29 is 4.74 Å². The summed E-state index contributed by atoms with van der Waals surface area (Å²) in [6.45, 7) is 4.33. The molecule has 88 valence electrons. The molecule has 0 unspecified atom stereocenters. The van der Waals surface area contributed by atoms with Crippen molar-refractivity contribution >= 4 is 0 Å². The average molecular weight is 228 g/mol. The van der Waals surface area contributed by atoms with E-state index in [1.165, 1.54) is 5.56 Å². The Kier molecular flexibility index (Phi) is 3.38. The molecule has 0 spiro atoms. The van der Waals surface area contributed by atoms with E-state index in [4.69, 9.17) is 4.74 Å². The second kappa shape index (κ2) is 4.95. The van der Waals surface area contributed by atoms with E-state index in [1.807, 2.05) is 24.4 Å². The summed E-state index contributed by atoms with van der Waals surface area (Å²) >= 11 is 0. The summed E-state index contributed by atoms with van der Waals surface area (Å²) in [5, 5.41) is 0. The third-order valence-electron chi connectivity index (χ3n) is 2.69. The van der Waals surface area contributed by atoms with Crippen molar-refractivity contribution in [1.82, 2.24) is 9.97 Å². The molecule has 3 nitrogen and oxygen atoms in total. The number of hydrogen-bond acceptors (Lipinski definition) is 3. The van der Waals surface area contributed by atoms with E-state index in [0.717, 1.165) is 11.3 Å².